The molecule has 0 aliphatic carbocycles. The van der Waals surface area contributed by atoms with Crippen LogP contribution in [0, 0.1) is 6.92 Å². The van der Waals surface area contributed by atoms with Gasteiger partial charge in [0, 0.05) is 37.4 Å². The molecule has 1 fully saturated rings. The Labute approximate surface area is 109 Å². The van der Waals surface area contributed by atoms with E-state index in [-0.39, 0.29) is 0 Å². The van der Waals surface area contributed by atoms with Crippen molar-refractivity contribution < 1.29 is 4.74 Å². The van der Waals surface area contributed by atoms with Gasteiger partial charge < -0.3 is 15.0 Å². The Morgan fingerprint density at radius 3 is 3.00 bits per heavy atom. The second-order valence-corrected chi connectivity index (χ2v) is 4.54. The zero-order chi connectivity index (χ0) is 13.0. The number of aromatic nitrogens is 2. The van der Waals surface area contributed by atoms with Gasteiger partial charge in [0.05, 0.1) is 6.61 Å². The first-order chi connectivity index (χ1) is 8.74. The molecule has 2 rings (SSSR count). The summed E-state index contributed by atoms with van der Waals surface area (Å²) in [7, 11) is 0. The van der Waals surface area contributed by atoms with Crippen LogP contribution in [-0.4, -0.2) is 42.3 Å². The summed E-state index contributed by atoms with van der Waals surface area (Å²) in [5, 5.41) is 3.41. The van der Waals surface area contributed by atoms with Crippen molar-refractivity contribution in [1.82, 2.24) is 15.3 Å². The lowest BCUT2D eigenvalue weighted by Crippen LogP contribution is -2.51. The van der Waals surface area contributed by atoms with Crippen molar-refractivity contribution in [3.05, 3.63) is 11.8 Å². The minimum absolute atomic E-state index is 0.468. The molecule has 1 atom stereocenters. The van der Waals surface area contributed by atoms with E-state index in [1.807, 2.05) is 19.9 Å². The predicted molar refractivity (Wildman–Crippen MR) is 72.2 cm³/mol. The van der Waals surface area contributed by atoms with E-state index in [9.17, 15) is 0 Å². The van der Waals surface area contributed by atoms with Crippen molar-refractivity contribution >= 4 is 5.95 Å². The molecule has 0 radical (unpaired) electrons. The summed E-state index contributed by atoms with van der Waals surface area (Å²) in [5.74, 6) is 1.47. The number of ether oxygens (including phenoxy) is 1. The van der Waals surface area contributed by atoms with Gasteiger partial charge in [-0.15, -0.1) is 0 Å². The second-order valence-electron chi connectivity index (χ2n) is 4.54. The Morgan fingerprint density at radius 1 is 1.44 bits per heavy atom. The predicted octanol–water partition coefficient (Wildman–Crippen LogP) is 1.37. The molecule has 100 valence electrons. The fourth-order valence-electron chi connectivity index (χ4n) is 2.26. The molecular weight excluding hydrogens is 228 g/mol. The second kappa shape index (κ2) is 6.00. The van der Waals surface area contributed by atoms with Crippen LogP contribution in [0.25, 0.3) is 0 Å². The first-order valence-electron chi connectivity index (χ1n) is 6.70. The van der Waals surface area contributed by atoms with Crippen LogP contribution in [0.3, 0.4) is 0 Å². The molecule has 0 amide bonds. The molecular formula is C13H22N4O. The molecule has 1 aliphatic rings. The molecule has 18 heavy (non-hydrogen) atoms. The summed E-state index contributed by atoms with van der Waals surface area (Å²) in [6.45, 7) is 9.72. The minimum Gasteiger partial charge on any atom is -0.478 e. The van der Waals surface area contributed by atoms with Crippen LogP contribution in [0.2, 0.25) is 0 Å². The standard InChI is InChI=1S/C13H22N4O/c1-4-11-9-14-6-7-17(11)13-15-10(3)8-12(16-13)18-5-2/h8,11,14H,4-7,9H2,1-3H3. The van der Waals surface area contributed by atoms with E-state index in [1.54, 1.807) is 0 Å². The van der Waals surface area contributed by atoms with E-state index < -0.39 is 0 Å². The Morgan fingerprint density at radius 2 is 2.28 bits per heavy atom. The van der Waals surface area contributed by atoms with Gasteiger partial charge >= 0.3 is 0 Å². The lowest BCUT2D eigenvalue weighted by Gasteiger charge is -2.35. The average molecular weight is 250 g/mol. The van der Waals surface area contributed by atoms with Gasteiger partial charge in [-0.05, 0) is 20.3 Å². The van der Waals surface area contributed by atoms with Crippen LogP contribution < -0.4 is 15.0 Å². The first kappa shape index (κ1) is 13.1. The van der Waals surface area contributed by atoms with E-state index >= 15 is 0 Å². The van der Waals surface area contributed by atoms with Crippen molar-refractivity contribution in [2.75, 3.05) is 31.1 Å². The van der Waals surface area contributed by atoms with Crippen LogP contribution in [0.5, 0.6) is 5.88 Å². The molecule has 1 aromatic rings. The highest BCUT2D eigenvalue weighted by Gasteiger charge is 2.23. The molecule has 0 saturated carbocycles. The summed E-state index contributed by atoms with van der Waals surface area (Å²) < 4.78 is 5.49. The summed E-state index contributed by atoms with van der Waals surface area (Å²) in [6, 6.07) is 2.35. The largest absolute Gasteiger partial charge is 0.478 e. The van der Waals surface area contributed by atoms with Crippen molar-refractivity contribution in [2.24, 2.45) is 0 Å². The molecule has 1 unspecified atom stereocenters. The van der Waals surface area contributed by atoms with E-state index in [0.29, 0.717) is 18.5 Å². The molecule has 1 aliphatic heterocycles. The van der Waals surface area contributed by atoms with Crippen LogP contribution in [-0.2, 0) is 0 Å². The Hall–Kier alpha value is -1.36. The monoisotopic (exact) mass is 250 g/mol. The van der Waals surface area contributed by atoms with Crippen LogP contribution in [0.1, 0.15) is 26.0 Å². The molecule has 1 saturated heterocycles. The average Bonchev–Trinajstić information content (AvgIpc) is 2.38. The number of rotatable bonds is 4. The lowest BCUT2D eigenvalue weighted by molar-refractivity contribution is 0.325. The summed E-state index contributed by atoms with van der Waals surface area (Å²) in [4.78, 5) is 11.3. The van der Waals surface area contributed by atoms with E-state index in [0.717, 1.165) is 37.7 Å². The smallest absolute Gasteiger partial charge is 0.229 e. The van der Waals surface area contributed by atoms with Crippen LogP contribution in [0.15, 0.2) is 6.07 Å². The topological polar surface area (TPSA) is 50.3 Å². The van der Waals surface area contributed by atoms with E-state index in [1.165, 1.54) is 0 Å². The zero-order valence-electron chi connectivity index (χ0n) is 11.4. The highest BCUT2D eigenvalue weighted by molar-refractivity contribution is 5.36. The van der Waals surface area contributed by atoms with Crippen LogP contribution in [0.4, 0.5) is 5.95 Å². The number of aryl methyl sites for hydroxylation is 1. The fraction of sp³-hybridized carbons (Fsp3) is 0.692. The maximum Gasteiger partial charge on any atom is 0.229 e. The van der Waals surface area contributed by atoms with Gasteiger partial charge in [0.25, 0.3) is 0 Å². The number of hydrogen-bond donors (Lipinski definition) is 1. The van der Waals surface area contributed by atoms with Gasteiger partial charge in [0.2, 0.25) is 11.8 Å². The highest BCUT2D eigenvalue weighted by Crippen LogP contribution is 2.19. The number of nitrogens with one attached hydrogen (secondary N) is 1. The van der Waals surface area contributed by atoms with Gasteiger partial charge in [-0.25, -0.2) is 4.98 Å². The Balaban J connectivity index is 2.24. The number of anilines is 1. The van der Waals surface area contributed by atoms with E-state index in [4.69, 9.17) is 4.74 Å². The number of hydrogen-bond acceptors (Lipinski definition) is 5. The van der Waals surface area contributed by atoms with Gasteiger partial charge in [-0.1, -0.05) is 6.92 Å². The maximum atomic E-state index is 5.49. The molecule has 1 N–H and O–H groups in total. The Bertz CT molecular complexity index is 397. The van der Waals surface area contributed by atoms with Crippen molar-refractivity contribution in [3.8, 4) is 5.88 Å². The zero-order valence-corrected chi connectivity index (χ0v) is 11.4. The van der Waals surface area contributed by atoms with Crippen LogP contribution >= 0.6 is 0 Å². The van der Waals surface area contributed by atoms with Gasteiger partial charge in [-0.3, -0.25) is 0 Å². The molecule has 2 heterocycles. The van der Waals surface area contributed by atoms with Gasteiger partial charge in [0.15, 0.2) is 0 Å². The number of nitrogens with zero attached hydrogens (tertiary/aromatic N) is 3. The summed E-state index contributed by atoms with van der Waals surface area (Å²) >= 11 is 0. The quantitative estimate of drug-likeness (QED) is 0.874. The highest BCUT2D eigenvalue weighted by atomic mass is 16.5. The third-order valence-corrected chi connectivity index (χ3v) is 3.19. The Kier molecular flexibility index (Phi) is 4.36. The van der Waals surface area contributed by atoms with Crippen molar-refractivity contribution in [2.45, 2.75) is 33.2 Å². The fourth-order valence-corrected chi connectivity index (χ4v) is 2.26. The molecule has 0 aromatic carbocycles. The van der Waals surface area contributed by atoms with Crippen molar-refractivity contribution in [1.29, 1.82) is 0 Å². The SMILES string of the molecule is CCOc1cc(C)nc(N2CCNCC2CC)n1. The van der Waals surface area contributed by atoms with Gasteiger partial charge in [0.1, 0.15) is 0 Å². The van der Waals surface area contributed by atoms with Crippen molar-refractivity contribution in [3.63, 3.8) is 0 Å². The molecule has 1 aromatic heterocycles. The van der Waals surface area contributed by atoms with E-state index in [2.05, 4.69) is 27.1 Å². The summed E-state index contributed by atoms with van der Waals surface area (Å²) in [5.41, 5.74) is 0.955. The first-order valence-corrected chi connectivity index (χ1v) is 6.70. The maximum absolute atomic E-state index is 5.49. The molecule has 0 bridgehead atoms. The lowest BCUT2D eigenvalue weighted by atomic mass is 10.1. The molecule has 0 spiro atoms. The normalized spacial score (nSPS) is 19.9. The number of piperazine rings is 1. The summed E-state index contributed by atoms with van der Waals surface area (Å²) in [6.07, 6.45) is 1.09. The molecule has 5 nitrogen and oxygen atoms in total. The third-order valence-electron chi connectivity index (χ3n) is 3.19. The molecule has 5 heteroatoms. The third kappa shape index (κ3) is 2.90. The van der Waals surface area contributed by atoms with Gasteiger partial charge in [-0.2, -0.15) is 4.98 Å². The minimum atomic E-state index is 0.468.